The number of anilines is 2. The molecule has 3 heterocycles. The van der Waals surface area contributed by atoms with Crippen molar-refractivity contribution in [2.45, 2.75) is 31.3 Å². The summed E-state index contributed by atoms with van der Waals surface area (Å²) in [4.78, 5) is 30.1. The summed E-state index contributed by atoms with van der Waals surface area (Å²) in [5, 5.41) is 11.3. The third kappa shape index (κ3) is 6.09. The van der Waals surface area contributed by atoms with Crippen LogP contribution in [0.25, 0.3) is 0 Å². The predicted octanol–water partition coefficient (Wildman–Crippen LogP) is 4.03. The van der Waals surface area contributed by atoms with Crippen molar-refractivity contribution in [1.82, 2.24) is 20.4 Å². The average Bonchev–Trinajstić information content (AvgIpc) is 3.44. The Morgan fingerprint density at radius 2 is 1.72 bits per heavy atom. The Hall–Kier alpha value is -3.85. The number of ether oxygens (including phenoxy) is 1. The van der Waals surface area contributed by atoms with Crippen molar-refractivity contribution in [2.24, 2.45) is 5.92 Å². The number of amides is 2. The lowest BCUT2D eigenvalue weighted by Gasteiger charge is -2.33. The first kappa shape index (κ1) is 26.7. The van der Waals surface area contributed by atoms with Gasteiger partial charge in [0, 0.05) is 38.8 Å². The van der Waals surface area contributed by atoms with E-state index < -0.39 is 5.41 Å². The second-order valence-electron chi connectivity index (χ2n) is 10.2. The summed E-state index contributed by atoms with van der Waals surface area (Å²) in [6, 6.07) is 21.2. The highest BCUT2D eigenvalue weighted by molar-refractivity contribution is 6.29. The molecule has 9 nitrogen and oxygen atoms in total. The quantitative estimate of drug-likeness (QED) is 0.458. The fourth-order valence-corrected chi connectivity index (χ4v) is 5.62. The van der Waals surface area contributed by atoms with E-state index in [0.717, 1.165) is 24.0 Å². The highest BCUT2D eigenvalue weighted by Gasteiger charge is 2.46. The van der Waals surface area contributed by atoms with E-state index in [4.69, 9.17) is 22.1 Å². The van der Waals surface area contributed by atoms with Crippen LogP contribution in [0.4, 0.5) is 16.3 Å². The van der Waals surface area contributed by atoms with Gasteiger partial charge in [0.25, 0.3) is 0 Å². The molecule has 1 aromatic heterocycles. The van der Waals surface area contributed by atoms with Crippen LogP contribution in [0.5, 0.6) is 0 Å². The minimum atomic E-state index is -0.731. The van der Waals surface area contributed by atoms with Crippen LogP contribution in [-0.2, 0) is 21.6 Å². The highest BCUT2D eigenvalue weighted by atomic mass is 35.5. The molecule has 2 aromatic carbocycles. The number of nitrogens with one attached hydrogen (secondary N) is 1. The van der Waals surface area contributed by atoms with Gasteiger partial charge in [-0.05, 0) is 36.3 Å². The SMILES string of the molecule is Nc1nnc(Cl)cc1N1CCC(C(=O)NCC2CCN(C(=O)OCc3ccccc3)CC2)(c2ccccc2)C1. The van der Waals surface area contributed by atoms with Crippen LogP contribution in [0.3, 0.4) is 0 Å². The monoisotopic (exact) mass is 548 g/mol. The number of piperidine rings is 1. The Labute approximate surface area is 233 Å². The van der Waals surface area contributed by atoms with Crippen molar-refractivity contribution in [2.75, 3.05) is 43.4 Å². The van der Waals surface area contributed by atoms with E-state index in [0.29, 0.717) is 44.8 Å². The molecule has 0 spiro atoms. The maximum Gasteiger partial charge on any atom is 0.410 e. The Balaban J connectivity index is 1.18. The number of nitrogens with two attached hydrogens (primary N) is 1. The van der Waals surface area contributed by atoms with Crippen molar-refractivity contribution < 1.29 is 14.3 Å². The van der Waals surface area contributed by atoms with Crippen LogP contribution in [0.1, 0.15) is 30.4 Å². The summed E-state index contributed by atoms with van der Waals surface area (Å²) in [6.45, 7) is 3.15. The molecule has 1 atom stereocenters. The molecule has 39 heavy (non-hydrogen) atoms. The van der Waals surface area contributed by atoms with Crippen molar-refractivity contribution in [3.8, 4) is 0 Å². The Kier molecular flexibility index (Phi) is 8.16. The van der Waals surface area contributed by atoms with Crippen LogP contribution in [-0.4, -0.2) is 59.8 Å². The molecule has 0 bridgehead atoms. The molecule has 2 aliphatic heterocycles. The molecule has 2 amide bonds. The zero-order valence-electron chi connectivity index (χ0n) is 21.8. The molecule has 0 radical (unpaired) electrons. The number of hydrogen-bond donors (Lipinski definition) is 2. The maximum atomic E-state index is 13.8. The Bertz CT molecular complexity index is 1290. The van der Waals surface area contributed by atoms with Crippen molar-refractivity contribution >= 4 is 35.1 Å². The molecule has 3 aromatic rings. The van der Waals surface area contributed by atoms with Gasteiger partial charge in [0.1, 0.15) is 6.61 Å². The lowest BCUT2D eigenvalue weighted by atomic mass is 9.78. The van der Waals surface area contributed by atoms with Gasteiger partial charge < -0.3 is 25.6 Å². The van der Waals surface area contributed by atoms with Gasteiger partial charge in [-0.25, -0.2) is 4.79 Å². The molecule has 10 heteroatoms. The normalized spacial score (nSPS) is 19.6. The maximum absolute atomic E-state index is 13.8. The zero-order valence-corrected chi connectivity index (χ0v) is 22.5. The standard InChI is InChI=1S/C29H33ClN6O3/c30-25-17-24(26(31)34-33-25)36-16-13-29(20-36,23-9-5-2-6-10-23)27(37)32-18-21-11-14-35(15-12-21)28(38)39-19-22-7-3-1-4-8-22/h1-10,17,21H,11-16,18-20H2,(H2,31,34)(H,32,37). The van der Waals surface area contributed by atoms with Crippen LogP contribution in [0, 0.1) is 5.92 Å². The molecule has 5 rings (SSSR count). The summed E-state index contributed by atoms with van der Waals surface area (Å²) >= 11 is 6.09. The number of rotatable bonds is 7. The third-order valence-electron chi connectivity index (χ3n) is 7.77. The molecule has 204 valence electrons. The summed E-state index contributed by atoms with van der Waals surface area (Å²) < 4.78 is 5.48. The summed E-state index contributed by atoms with van der Waals surface area (Å²) in [5.74, 6) is 0.571. The molecule has 3 N–H and O–H groups in total. The molecular formula is C29H33ClN6O3. The second-order valence-corrected chi connectivity index (χ2v) is 10.6. The number of benzene rings is 2. The number of nitrogen functional groups attached to an aromatic ring is 1. The first-order valence-electron chi connectivity index (χ1n) is 13.3. The van der Waals surface area contributed by atoms with Gasteiger partial charge in [0.2, 0.25) is 5.91 Å². The topological polar surface area (TPSA) is 114 Å². The van der Waals surface area contributed by atoms with Crippen LogP contribution in [0.15, 0.2) is 66.7 Å². The van der Waals surface area contributed by atoms with E-state index in [9.17, 15) is 9.59 Å². The predicted molar refractivity (Wildman–Crippen MR) is 150 cm³/mol. The smallest absolute Gasteiger partial charge is 0.410 e. The molecule has 2 saturated heterocycles. The fourth-order valence-electron chi connectivity index (χ4n) is 5.48. The minimum absolute atomic E-state index is 0.00687. The lowest BCUT2D eigenvalue weighted by molar-refractivity contribution is -0.126. The number of likely N-dealkylation sites (tertiary alicyclic amines) is 1. The third-order valence-corrected chi connectivity index (χ3v) is 7.96. The molecule has 2 aliphatic rings. The van der Waals surface area contributed by atoms with Gasteiger partial charge >= 0.3 is 6.09 Å². The fraction of sp³-hybridized carbons (Fsp3) is 0.379. The zero-order chi connectivity index (χ0) is 27.2. The number of carbonyl (C=O) groups is 2. The highest BCUT2D eigenvalue weighted by Crippen LogP contribution is 2.39. The lowest BCUT2D eigenvalue weighted by Crippen LogP contribution is -2.49. The summed E-state index contributed by atoms with van der Waals surface area (Å²) in [6.07, 6.45) is 1.96. The minimum Gasteiger partial charge on any atom is -0.445 e. The first-order valence-corrected chi connectivity index (χ1v) is 13.7. The van der Waals surface area contributed by atoms with Crippen molar-refractivity contribution in [3.05, 3.63) is 83.0 Å². The first-order chi connectivity index (χ1) is 18.9. The van der Waals surface area contributed by atoms with E-state index in [1.54, 1.807) is 11.0 Å². The van der Waals surface area contributed by atoms with Crippen LogP contribution >= 0.6 is 11.6 Å². The number of halogens is 1. The van der Waals surface area contributed by atoms with Crippen molar-refractivity contribution in [3.63, 3.8) is 0 Å². The molecule has 0 saturated carbocycles. The van der Waals surface area contributed by atoms with Gasteiger partial charge in [-0.1, -0.05) is 72.3 Å². The van der Waals surface area contributed by atoms with Gasteiger partial charge in [0.05, 0.1) is 11.1 Å². The second kappa shape index (κ2) is 11.9. The largest absolute Gasteiger partial charge is 0.445 e. The number of aromatic nitrogens is 2. The molecular weight excluding hydrogens is 516 g/mol. The average molecular weight is 549 g/mol. The van der Waals surface area contributed by atoms with E-state index in [-0.39, 0.29) is 35.5 Å². The van der Waals surface area contributed by atoms with E-state index in [1.807, 2.05) is 60.7 Å². The summed E-state index contributed by atoms with van der Waals surface area (Å²) in [5.41, 5.74) is 7.99. The molecule has 2 fully saturated rings. The Morgan fingerprint density at radius 3 is 2.44 bits per heavy atom. The van der Waals surface area contributed by atoms with Crippen LogP contribution in [0.2, 0.25) is 5.15 Å². The van der Waals surface area contributed by atoms with Crippen LogP contribution < -0.4 is 16.0 Å². The number of hydrogen-bond acceptors (Lipinski definition) is 7. The molecule has 1 unspecified atom stereocenters. The van der Waals surface area contributed by atoms with Crippen molar-refractivity contribution in [1.29, 1.82) is 0 Å². The number of carbonyl (C=O) groups excluding carboxylic acids is 2. The Morgan fingerprint density at radius 1 is 1.03 bits per heavy atom. The van der Waals surface area contributed by atoms with E-state index in [2.05, 4.69) is 20.4 Å². The summed E-state index contributed by atoms with van der Waals surface area (Å²) in [7, 11) is 0. The van der Waals surface area contributed by atoms with Gasteiger partial charge in [-0.2, -0.15) is 0 Å². The van der Waals surface area contributed by atoms with Gasteiger partial charge in [0.15, 0.2) is 11.0 Å². The van der Waals surface area contributed by atoms with E-state index >= 15 is 0 Å². The van der Waals surface area contributed by atoms with Gasteiger partial charge in [-0.15, -0.1) is 10.2 Å². The number of nitrogens with zero attached hydrogens (tertiary/aromatic N) is 4. The van der Waals surface area contributed by atoms with Gasteiger partial charge in [-0.3, -0.25) is 4.79 Å². The molecule has 0 aliphatic carbocycles. The van der Waals surface area contributed by atoms with E-state index in [1.165, 1.54) is 0 Å².